The molecule has 2 fully saturated rings. The third-order valence-electron chi connectivity index (χ3n) is 5.32. The fraction of sp³-hybridized carbons (Fsp3) is 0.944. The molecule has 1 saturated carbocycles. The van der Waals surface area contributed by atoms with Crippen molar-refractivity contribution in [3.8, 4) is 0 Å². The van der Waals surface area contributed by atoms with Crippen molar-refractivity contribution in [1.29, 1.82) is 0 Å². The summed E-state index contributed by atoms with van der Waals surface area (Å²) in [5.41, 5.74) is 0. The van der Waals surface area contributed by atoms with Gasteiger partial charge in [0.05, 0.1) is 12.2 Å². The predicted molar refractivity (Wildman–Crippen MR) is 88.0 cm³/mol. The Morgan fingerprint density at radius 2 is 1.86 bits per heavy atom. The van der Waals surface area contributed by atoms with E-state index in [9.17, 15) is 4.79 Å². The lowest BCUT2D eigenvalue weighted by molar-refractivity contribution is -0.133. The lowest BCUT2D eigenvalue weighted by atomic mass is 9.83. The van der Waals surface area contributed by atoms with Crippen LogP contribution in [-0.2, 0) is 4.79 Å². The van der Waals surface area contributed by atoms with Crippen molar-refractivity contribution in [1.82, 2.24) is 10.2 Å². The highest BCUT2D eigenvalue weighted by Gasteiger charge is 2.42. The van der Waals surface area contributed by atoms with Gasteiger partial charge in [-0.3, -0.25) is 10.1 Å². The number of amides is 1. The van der Waals surface area contributed by atoms with Gasteiger partial charge in [-0.1, -0.05) is 46.5 Å². The molecule has 3 nitrogen and oxygen atoms in total. The first-order valence-electron chi connectivity index (χ1n) is 9.12. The summed E-state index contributed by atoms with van der Waals surface area (Å²) in [7, 11) is 0. The molecule has 1 aliphatic carbocycles. The van der Waals surface area contributed by atoms with Crippen LogP contribution in [0.2, 0.25) is 0 Å². The molecule has 3 atom stereocenters. The van der Waals surface area contributed by atoms with E-state index < -0.39 is 0 Å². The van der Waals surface area contributed by atoms with Gasteiger partial charge in [0.1, 0.15) is 0 Å². The van der Waals surface area contributed by atoms with Gasteiger partial charge in [-0.15, -0.1) is 0 Å². The molecule has 0 aromatic carbocycles. The molecule has 0 bridgehead atoms. The van der Waals surface area contributed by atoms with Gasteiger partial charge in [-0.25, -0.2) is 0 Å². The van der Waals surface area contributed by atoms with Gasteiger partial charge in [0.15, 0.2) is 0 Å². The van der Waals surface area contributed by atoms with E-state index in [2.05, 4.69) is 37.9 Å². The summed E-state index contributed by atoms with van der Waals surface area (Å²) in [6.07, 6.45) is 10.1. The maximum atomic E-state index is 12.9. The third kappa shape index (κ3) is 4.00. The Morgan fingerprint density at radius 3 is 2.43 bits per heavy atom. The van der Waals surface area contributed by atoms with Crippen molar-refractivity contribution < 1.29 is 4.79 Å². The molecule has 2 rings (SSSR count). The van der Waals surface area contributed by atoms with Crippen LogP contribution in [0.1, 0.15) is 79.1 Å². The maximum Gasteiger partial charge on any atom is 0.241 e. The molecule has 1 aliphatic heterocycles. The second kappa shape index (κ2) is 7.62. The minimum Gasteiger partial charge on any atom is -0.323 e. The summed E-state index contributed by atoms with van der Waals surface area (Å²) in [5, 5.41) is 3.62. The number of carbonyl (C=O) groups is 1. The molecule has 3 unspecified atom stereocenters. The van der Waals surface area contributed by atoms with Crippen molar-refractivity contribution in [2.45, 2.75) is 97.3 Å². The van der Waals surface area contributed by atoms with Crippen LogP contribution in [-0.4, -0.2) is 29.1 Å². The van der Waals surface area contributed by atoms with E-state index >= 15 is 0 Å². The highest BCUT2D eigenvalue weighted by Crippen LogP contribution is 2.32. The Bertz CT molecular complexity index is 336. The largest absolute Gasteiger partial charge is 0.323 e. The van der Waals surface area contributed by atoms with Gasteiger partial charge in [0, 0.05) is 6.04 Å². The molecule has 2 aliphatic rings. The quantitative estimate of drug-likeness (QED) is 0.805. The number of nitrogens with zero attached hydrogens (tertiary/aromatic N) is 1. The van der Waals surface area contributed by atoms with Crippen molar-refractivity contribution in [3.05, 3.63) is 0 Å². The number of rotatable bonds is 6. The van der Waals surface area contributed by atoms with Gasteiger partial charge < -0.3 is 4.90 Å². The van der Waals surface area contributed by atoms with Gasteiger partial charge in [-0.2, -0.15) is 0 Å². The average molecular weight is 294 g/mol. The molecule has 1 heterocycles. The SMILES string of the molecule is CCCC1NC(CC(C)C)C(=O)N1C(C)C1CCCCC1. The zero-order chi connectivity index (χ0) is 15.4. The van der Waals surface area contributed by atoms with Crippen LogP contribution in [0.4, 0.5) is 0 Å². The van der Waals surface area contributed by atoms with E-state index in [0.29, 0.717) is 23.8 Å². The van der Waals surface area contributed by atoms with Crippen LogP contribution in [0, 0.1) is 11.8 Å². The first-order chi connectivity index (χ1) is 10.0. The highest BCUT2D eigenvalue weighted by molar-refractivity contribution is 5.84. The molecule has 3 heteroatoms. The first kappa shape index (κ1) is 16.8. The van der Waals surface area contributed by atoms with Crippen LogP contribution in [0.3, 0.4) is 0 Å². The van der Waals surface area contributed by atoms with E-state index in [-0.39, 0.29) is 12.2 Å². The number of carbonyl (C=O) groups excluding carboxylic acids is 1. The van der Waals surface area contributed by atoms with Crippen molar-refractivity contribution >= 4 is 5.91 Å². The Morgan fingerprint density at radius 1 is 1.19 bits per heavy atom. The predicted octanol–water partition coefficient (Wildman–Crippen LogP) is 3.93. The Labute approximate surface area is 130 Å². The van der Waals surface area contributed by atoms with Gasteiger partial charge in [-0.05, 0) is 44.4 Å². The van der Waals surface area contributed by atoms with Crippen LogP contribution >= 0.6 is 0 Å². The third-order valence-corrected chi connectivity index (χ3v) is 5.32. The molecule has 0 aromatic heterocycles. The van der Waals surface area contributed by atoms with Gasteiger partial charge in [0.2, 0.25) is 5.91 Å². The summed E-state index contributed by atoms with van der Waals surface area (Å²) in [4.78, 5) is 15.1. The van der Waals surface area contributed by atoms with Gasteiger partial charge in [0.25, 0.3) is 0 Å². The minimum absolute atomic E-state index is 0.0487. The van der Waals surface area contributed by atoms with E-state index in [1.807, 2.05) is 0 Å². The van der Waals surface area contributed by atoms with Crippen LogP contribution in [0.25, 0.3) is 0 Å². The summed E-state index contributed by atoms with van der Waals surface area (Å²) in [5.74, 6) is 1.64. The molecular weight excluding hydrogens is 260 g/mol. The van der Waals surface area contributed by atoms with Crippen molar-refractivity contribution in [2.75, 3.05) is 0 Å². The minimum atomic E-state index is 0.0487. The molecular formula is C18H34N2O. The molecule has 0 spiro atoms. The first-order valence-corrected chi connectivity index (χ1v) is 9.12. The molecule has 1 amide bonds. The molecule has 1 saturated heterocycles. The molecule has 0 radical (unpaired) electrons. The maximum absolute atomic E-state index is 12.9. The summed E-state index contributed by atoms with van der Waals surface area (Å²) >= 11 is 0. The number of hydrogen-bond acceptors (Lipinski definition) is 2. The van der Waals surface area contributed by atoms with Crippen LogP contribution < -0.4 is 5.32 Å². The second-order valence-corrected chi connectivity index (χ2v) is 7.54. The second-order valence-electron chi connectivity index (χ2n) is 7.54. The molecule has 21 heavy (non-hydrogen) atoms. The monoisotopic (exact) mass is 294 g/mol. The summed E-state index contributed by atoms with van der Waals surface area (Å²) < 4.78 is 0. The van der Waals surface area contributed by atoms with Crippen LogP contribution in [0.15, 0.2) is 0 Å². The van der Waals surface area contributed by atoms with Crippen molar-refractivity contribution in [3.63, 3.8) is 0 Å². The topological polar surface area (TPSA) is 32.3 Å². The Hall–Kier alpha value is -0.570. The fourth-order valence-electron chi connectivity index (χ4n) is 4.18. The van der Waals surface area contributed by atoms with E-state index in [4.69, 9.17) is 0 Å². The lowest BCUT2D eigenvalue weighted by Crippen LogP contribution is -2.47. The zero-order valence-corrected chi connectivity index (χ0v) is 14.4. The lowest BCUT2D eigenvalue weighted by Gasteiger charge is -2.37. The number of hydrogen-bond donors (Lipinski definition) is 1. The van der Waals surface area contributed by atoms with Crippen LogP contribution in [0.5, 0.6) is 0 Å². The smallest absolute Gasteiger partial charge is 0.241 e. The van der Waals surface area contributed by atoms with Crippen molar-refractivity contribution in [2.24, 2.45) is 11.8 Å². The highest BCUT2D eigenvalue weighted by atomic mass is 16.2. The van der Waals surface area contributed by atoms with Gasteiger partial charge >= 0.3 is 0 Å². The molecule has 0 aromatic rings. The Balaban J connectivity index is 2.07. The number of nitrogens with one attached hydrogen (secondary N) is 1. The standard InChI is InChI=1S/C18H34N2O/c1-5-9-17-19-16(12-13(2)3)18(21)20(17)14(4)15-10-7-6-8-11-15/h13-17,19H,5-12H2,1-4H3. The molecule has 122 valence electrons. The molecule has 1 N–H and O–H groups in total. The van der Waals surface area contributed by atoms with E-state index in [1.54, 1.807) is 0 Å². The fourth-order valence-corrected chi connectivity index (χ4v) is 4.18. The summed E-state index contributed by atoms with van der Waals surface area (Å²) in [6.45, 7) is 8.91. The Kier molecular flexibility index (Phi) is 6.09. The van der Waals surface area contributed by atoms with E-state index in [1.165, 1.54) is 32.1 Å². The average Bonchev–Trinajstić information content (AvgIpc) is 2.75. The summed E-state index contributed by atoms with van der Waals surface area (Å²) in [6, 6.07) is 0.451. The normalized spacial score (nSPS) is 29.4. The zero-order valence-electron chi connectivity index (χ0n) is 14.4. The van der Waals surface area contributed by atoms with E-state index in [0.717, 1.165) is 19.3 Å².